The summed E-state index contributed by atoms with van der Waals surface area (Å²) in [6.07, 6.45) is 1.53. The van der Waals surface area contributed by atoms with Crippen LogP contribution < -0.4 is 9.47 Å². The van der Waals surface area contributed by atoms with Crippen LogP contribution in [0.1, 0.15) is 61.0 Å². The Morgan fingerprint density at radius 3 is 2.40 bits per heavy atom. The van der Waals surface area contributed by atoms with Gasteiger partial charge < -0.3 is 24.2 Å². The highest BCUT2D eigenvalue weighted by Crippen LogP contribution is 2.49. The van der Waals surface area contributed by atoms with E-state index in [-0.39, 0.29) is 24.3 Å². The largest absolute Gasteiger partial charge is 0.493 e. The van der Waals surface area contributed by atoms with Gasteiger partial charge in [0.05, 0.1) is 20.3 Å². The quantitative estimate of drug-likeness (QED) is 0.329. The number of hydrogen-bond donors (Lipinski definition) is 1. The number of aliphatic carboxylic acids is 1. The molecule has 2 unspecified atom stereocenters. The number of para-hydroxylation sites is 1. The Kier molecular flexibility index (Phi) is 8.62. The number of methoxy groups -OCH3 is 2. The predicted molar refractivity (Wildman–Crippen MR) is 153 cm³/mol. The second-order valence-electron chi connectivity index (χ2n) is 10.4. The number of piperidine rings is 1. The maximum absolute atomic E-state index is 13.3. The van der Waals surface area contributed by atoms with Crippen molar-refractivity contribution in [1.29, 1.82) is 0 Å². The molecule has 0 aromatic heterocycles. The second-order valence-corrected chi connectivity index (χ2v) is 10.8. The predicted octanol–water partition coefficient (Wildman–Crippen LogP) is 6.68. The van der Waals surface area contributed by atoms with Gasteiger partial charge >= 0.3 is 5.97 Å². The number of ether oxygens (including phenoxy) is 3. The number of carbonyl (C=O) groups excluding carboxylic acids is 1. The summed E-state index contributed by atoms with van der Waals surface area (Å²) in [4.78, 5) is 26.2. The number of carboxylic acids is 1. The van der Waals surface area contributed by atoms with E-state index in [1.807, 2.05) is 53.4 Å². The van der Waals surface area contributed by atoms with Gasteiger partial charge in [0.25, 0.3) is 0 Å². The first kappa shape index (κ1) is 28.0. The van der Waals surface area contributed by atoms with Crippen molar-refractivity contribution in [2.45, 2.75) is 44.3 Å². The molecule has 0 bridgehead atoms. The monoisotopic (exact) mass is 563 g/mol. The fourth-order valence-corrected chi connectivity index (χ4v) is 6.14. The summed E-state index contributed by atoms with van der Waals surface area (Å²) < 4.78 is 18.3. The van der Waals surface area contributed by atoms with Crippen molar-refractivity contribution < 1.29 is 28.9 Å². The molecule has 1 amide bonds. The summed E-state index contributed by atoms with van der Waals surface area (Å²) in [5.74, 6) is 0.606. The van der Waals surface area contributed by atoms with E-state index in [2.05, 4.69) is 12.1 Å². The number of carbonyl (C=O) groups is 2. The van der Waals surface area contributed by atoms with Crippen LogP contribution in [-0.2, 0) is 14.3 Å². The van der Waals surface area contributed by atoms with E-state index in [4.69, 9.17) is 30.9 Å². The smallest absolute Gasteiger partial charge is 0.303 e. The van der Waals surface area contributed by atoms with E-state index in [1.165, 1.54) is 0 Å². The molecule has 3 aromatic carbocycles. The molecule has 2 aliphatic heterocycles. The van der Waals surface area contributed by atoms with Gasteiger partial charge in [0, 0.05) is 36.5 Å². The summed E-state index contributed by atoms with van der Waals surface area (Å²) in [7, 11) is 3.22. The maximum atomic E-state index is 13.3. The third-order valence-corrected chi connectivity index (χ3v) is 8.20. The standard InChI is InChI=1S/C32H34ClNO6/c1-38-28-9-5-8-25(32(28)39-2)31-26-19-21(33)10-11-23(26)22-6-3-4-7-24(22)27(40-31)12-13-29(35)34-16-14-20(15-17-34)18-30(36)37/h3-11,19-20,27,31H,12-18H2,1-2H3,(H,36,37). The highest BCUT2D eigenvalue weighted by Gasteiger charge is 2.33. The molecule has 1 N–H and O–H groups in total. The Bertz CT molecular complexity index is 1380. The zero-order chi connectivity index (χ0) is 28.2. The summed E-state index contributed by atoms with van der Waals surface area (Å²) in [6, 6.07) is 19.7. The van der Waals surface area contributed by atoms with Gasteiger partial charge in [-0.3, -0.25) is 9.59 Å². The van der Waals surface area contributed by atoms with Crippen molar-refractivity contribution in [3.8, 4) is 22.6 Å². The van der Waals surface area contributed by atoms with Crippen LogP contribution in [0.2, 0.25) is 5.02 Å². The van der Waals surface area contributed by atoms with Crippen LogP contribution in [0.15, 0.2) is 60.7 Å². The van der Waals surface area contributed by atoms with Crippen molar-refractivity contribution in [2.75, 3.05) is 27.3 Å². The Morgan fingerprint density at radius 2 is 1.68 bits per heavy atom. The molecule has 8 heteroatoms. The van der Waals surface area contributed by atoms with E-state index in [0.717, 1.165) is 27.8 Å². The minimum absolute atomic E-state index is 0.0650. The van der Waals surface area contributed by atoms with Gasteiger partial charge in [0.1, 0.15) is 6.10 Å². The topological polar surface area (TPSA) is 85.3 Å². The number of benzene rings is 3. The normalized spacial score (nSPS) is 18.8. The number of nitrogens with zero attached hydrogens (tertiary/aromatic N) is 1. The Balaban J connectivity index is 1.45. The van der Waals surface area contributed by atoms with Crippen LogP contribution in [0, 0.1) is 5.92 Å². The van der Waals surface area contributed by atoms with Crippen LogP contribution in [-0.4, -0.2) is 49.2 Å². The van der Waals surface area contributed by atoms with Crippen LogP contribution >= 0.6 is 11.6 Å². The molecule has 1 saturated heterocycles. The van der Waals surface area contributed by atoms with E-state index >= 15 is 0 Å². The third kappa shape index (κ3) is 5.81. The fourth-order valence-electron chi connectivity index (χ4n) is 5.96. The number of halogens is 1. The Labute approximate surface area is 239 Å². The third-order valence-electron chi connectivity index (χ3n) is 7.96. The molecule has 2 atom stereocenters. The minimum atomic E-state index is -0.779. The van der Waals surface area contributed by atoms with Gasteiger partial charge in [-0.15, -0.1) is 0 Å². The lowest BCUT2D eigenvalue weighted by Gasteiger charge is -2.32. The number of fused-ring (bicyclic) bond motifs is 3. The molecule has 0 saturated carbocycles. The first-order chi connectivity index (χ1) is 19.4. The van der Waals surface area contributed by atoms with Gasteiger partial charge in [-0.05, 0) is 65.6 Å². The molecule has 0 aliphatic carbocycles. The Hall–Kier alpha value is -3.55. The molecule has 0 radical (unpaired) electrons. The Morgan fingerprint density at radius 1 is 0.950 bits per heavy atom. The summed E-state index contributed by atoms with van der Waals surface area (Å²) in [6.45, 7) is 1.18. The first-order valence-corrected chi connectivity index (χ1v) is 14.0. The molecular formula is C32H34ClNO6. The molecule has 2 aliphatic rings. The van der Waals surface area contributed by atoms with Crippen molar-refractivity contribution >= 4 is 23.5 Å². The molecule has 0 spiro atoms. The summed E-state index contributed by atoms with van der Waals surface area (Å²) in [5.41, 5.74) is 4.81. The number of hydrogen-bond acceptors (Lipinski definition) is 5. The van der Waals surface area contributed by atoms with E-state index in [9.17, 15) is 9.59 Å². The lowest BCUT2D eigenvalue weighted by atomic mass is 9.90. The molecule has 7 nitrogen and oxygen atoms in total. The fraction of sp³-hybridized carbons (Fsp3) is 0.375. The van der Waals surface area contributed by atoms with Crippen molar-refractivity contribution in [2.24, 2.45) is 5.92 Å². The van der Waals surface area contributed by atoms with E-state index in [1.54, 1.807) is 14.2 Å². The molecule has 210 valence electrons. The second kappa shape index (κ2) is 12.3. The average Bonchev–Trinajstić information content (AvgIpc) is 3.09. The van der Waals surface area contributed by atoms with Crippen LogP contribution in [0.3, 0.4) is 0 Å². The summed E-state index contributed by atoms with van der Waals surface area (Å²) >= 11 is 6.51. The molecule has 3 aromatic rings. The zero-order valence-electron chi connectivity index (χ0n) is 22.8. The highest BCUT2D eigenvalue weighted by molar-refractivity contribution is 6.30. The number of likely N-dealkylation sites (tertiary alicyclic amines) is 1. The highest BCUT2D eigenvalue weighted by atomic mass is 35.5. The van der Waals surface area contributed by atoms with Crippen LogP contribution in [0.25, 0.3) is 11.1 Å². The van der Waals surface area contributed by atoms with Gasteiger partial charge in [0.2, 0.25) is 5.91 Å². The minimum Gasteiger partial charge on any atom is -0.493 e. The van der Waals surface area contributed by atoms with E-state index < -0.39 is 12.1 Å². The van der Waals surface area contributed by atoms with Gasteiger partial charge in [0.15, 0.2) is 11.5 Å². The first-order valence-electron chi connectivity index (χ1n) is 13.6. The average molecular weight is 564 g/mol. The van der Waals surface area contributed by atoms with Crippen LogP contribution in [0.4, 0.5) is 0 Å². The lowest BCUT2D eigenvalue weighted by Crippen LogP contribution is -2.39. The number of carboxylic acid groups (broad SMARTS) is 1. The molecule has 40 heavy (non-hydrogen) atoms. The van der Waals surface area contributed by atoms with Crippen LogP contribution in [0.5, 0.6) is 11.5 Å². The van der Waals surface area contributed by atoms with Crippen molar-refractivity contribution in [3.63, 3.8) is 0 Å². The van der Waals surface area contributed by atoms with Crippen molar-refractivity contribution in [1.82, 2.24) is 4.90 Å². The maximum Gasteiger partial charge on any atom is 0.303 e. The van der Waals surface area contributed by atoms with Crippen molar-refractivity contribution in [3.05, 3.63) is 82.4 Å². The molecule has 5 rings (SSSR count). The lowest BCUT2D eigenvalue weighted by molar-refractivity contribution is -0.138. The van der Waals surface area contributed by atoms with Gasteiger partial charge in [-0.1, -0.05) is 54.1 Å². The molecule has 1 fully saturated rings. The summed E-state index contributed by atoms with van der Waals surface area (Å²) in [5, 5.41) is 9.71. The van der Waals surface area contributed by atoms with Gasteiger partial charge in [-0.2, -0.15) is 0 Å². The molecular weight excluding hydrogens is 530 g/mol. The number of rotatable bonds is 8. The number of amides is 1. The zero-order valence-corrected chi connectivity index (χ0v) is 23.5. The molecule has 2 heterocycles. The SMILES string of the molecule is COc1cccc(C2OC(CCC(=O)N3CCC(CC(=O)O)CC3)c3ccccc3-c3ccc(Cl)cc32)c1OC. The van der Waals surface area contributed by atoms with E-state index in [0.29, 0.717) is 55.3 Å². The van der Waals surface area contributed by atoms with Gasteiger partial charge in [-0.25, -0.2) is 0 Å².